The highest BCUT2D eigenvalue weighted by Crippen LogP contribution is 2.36. The van der Waals surface area contributed by atoms with Crippen molar-refractivity contribution >= 4 is 16.7 Å². The summed E-state index contributed by atoms with van der Waals surface area (Å²) in [4.78, 5) is 24.3. The molecule has 25 heavy (non-hydrogen) atoms. The number of rotatable bonds is 5. The van der Waals surface area contributed by atoms with Crippen molar-refractivity contribution in [3.8, 4) is 5.75 Å². The van der Waals surface area contributed by atoms with Crippen LogP contribution in [-0.4, -0.2) is 30.4 Å². The minimum Gasteiger partial charge on any atom is -0.496 e. The summed E-state index contributed by atoms with van der Waals surface area (Å²) in [7, 11) is 2.97. The van der Waals surface area contributed by atoms with Gasteiger partial charge in [-0.2, -0.15) is 0 Å². The van der Waals surface area contributed by atoms with Crippen molar-refractivity contribution in [3.63, 3.8) is 0 Å². The van der Waals surface area contributed by atoms with Gasteiger partial charge in [0.25, 0.3) is 5.56 Å². The second kappa shape index (κ2) is 6.84. The van der Waals surface area contributed by atoms with E-state index in [4.69, 9.17) is 9.47 Å². The Bertz CT molecular complexity index is 971. The van der Waals surface area contributed by atoms with Crippen molar-refractivity contribution < 1.29 is 14.3 Å². The Morgan fingerprint density at radius 2 is 1.80 bits per heavy atom. The molecule has 0 aliphatic heterocycles. The zero-order valence-corrected chi connectivity index (χ0v) is 14.4. The molecule has 6 nitrogen and oxygen atoms in total. The zero-order valence-electron chi connectivity index (χ0n) is 14.4. The first-order valence-corrected chi connectivity index (χ1v) is 7.96. The number of carbonyl (C=O) groups is 1. The van der Waals surface area contributed by atoms with Crippen molar-refractivity contribution in [2.45, 2.75) is 19.3 Å². The number of fused-ring (bicyclic) bond motifs is 1. The average Bonchev–Trinajstić information content (AvgIpc) is 2.97. The number of aromatic nitrogens is 2. The number of nitrogens with one attached hydrogen (secondary N) is 2. The lowest BCUT2D eigenvalue weighted by Gasteiger charge is -2.19. The third kappa shape index (κ3) is 3.03. The van der Waals surface area contributed by atoms with Gasteiger partial charge >= 0.3 is 5.97 Å². The largest absolute Gasteiger partial charge is 0.496 e. The highest BCUT2D eigenvalue weighted by atomic mass is 16.5. The first kappa shape index (κ1) is 16.8. The summed E-state index contributed by atoms with van der Waals surface area (Å²) < 4.78 is 10.3. The van der Waals surface area contributed by atoms with Crippen LogP contribution in [0.4, 0.5) is 0 Å². The number of hydrogen-bond acceptors (Lipinski definition) is 4. The molecular formula is C19H20N2O4. The van der Waals surface area contributed by atoms with Crippen molar-refractivity contribution in [3.05, 3.63) is 63.6 Å². The van der Waals surface area contributed by atoms with Crippen LogP contribution in [0.2, 0.25) is 0 Å². The van der Waals surface area contributed by atoms with Gasteiger partial charge in [0.15, 0.2) is 0 Å². The minimum absolute atomic E-state index is 0.0780. The van der Waals surface area contributed by atoms with E-state index in [1.54, 1.807) is 7.11 Å². The molecule has 0 aliphatic rings. The summed E-state index contributed by atoms with van der Waals surface area (Å²) in [6.07, 6.45) is 0.0780. The van der Waals surface area contributed by atoms with Gasteiger partial charge in [0.05, 0.1) is 20.6 Å². The van der Waals surface area contributed by atoms with E-state index >= 15 is 0 Å². The molecule has 0 fully saturated rings. The molecule has 0 radical (unpaired) electrons. The Labute approximate surface area is 144 Å². The first-order chi connectivity index (χ1) is 12.1. The van der Waals surface area contributed by atoms with Crippen LogP contribution in [0.15, 0.2) is 41.2 Å². The predicted molar refractivity (Wildman–Crippen MR) is 95.1 cm³/mol. The summed E-state index contributed by atoms with van der Waals surface area (Å²) in [6, 6.07) is 11.5. The van der Waals surface area contributed by atoms with Crippen LogP contribution in [0.1, 0.15) is 29.2 Å². The summed E-state index contributed by atoms with van der Waals surface area (Å²) in [5.74, 6) is -0.0426. The van der Waals surface area contributed by atoms with Gasteiger partial charge in [0.2, 0.25) is 0 Å². The van der Waals surface area contributed by atoms with Gasteiger partial charge in [-0.1, -0.05) is 30.3 Å². The molecule has 0 spiro atoms. The van der Waals surface area contributed by atoms with E-state index in [9.17, 15) is 9.59 Å². The molecule has 0 aliphatic carbocycles. The van der Waals surface area contributed by atoms with Crippen molar-refractivity contribution in [2.75, 3.05) is 14.2 Å². The van der Waals surface area contributed by atoms with E-state index in [1.165, 1.54) is 7.11 Å². The Kier molecular flexibility index (Phi) is 4.61. The van der Waals surface area contributed by atoms with Gasteiger partial charge in [-0.25, -0.2) is 0 Å². The maximum absolute atomic E-state index is 12.3. The van der Waals surface area contributed by atoms with Crippen molar-refractivity contribution in [2.24, 2.45) is 0 Å². The van der Waals surface area contributed by atoms with Gasteiger partial charge in [0.1, 0.15) is 5.75 Å². The quantitative estimate of drug-likeness (QED) is 0.700. The van der Waals surface area contributed by atoms with Crippen LogP contribution in [0, 0.1) is 6.92 Å². The summed E-state index contributed by atoms with van der Waals surface area (Å²) >= 11 is 0. The van der Waals surface area contributed by atoms with Crippen LogP contribution >= 0.6 is 0 Å². The fourth-order valence-corrected chi connectivity index (χ4v) is 3.27. The lowest BCUT2D eigenvalue weighted by molar-refractivity contribution is -0.140. The summed E-state index contributed by atoms with van der Waals surface area (Å²) in [5, 5.41) is 7.30. The second-order valence-electron chi connectivity index (χ2n) is 5.85. The maximum atomic E-state index is 12.3. The van der Waals surface area contributed by atoms with Crippen LogP contribution in [0.25, 0.3) is 10.8 Å². The molecule has 3 rings (SSSR count). The Morgan fingerprint density at radius 1 is 1.08 bits per heavy atom. The predicted octanol–water partition coefficient (Wildman–Crippen LogP) is 2.87. The molecular weight excluding hydrogens is 320 g/mol. The molecule has 1 unspecified atom stereocenters. The number of methoxy groups -OCH3 is 2. The lowest BCUT2D eigenvalue weighted by Crippen LogP contribution is -2.17. The number of hydrogen-bond donors (Lipinski definition) is 2. The summed E-state index contributed by atoms with van der Waals surface area (Å²) in [6.45, 7) is 1.81. The van der Waals surface area contributed by atoms with E-state index in [0.29, 0.717) is 11.3 Å². The lowest BCUT2D eigenvalue weighted by atomic mass is 9.85. The zero-order chi connectivity index (χ0) is 18.0. The smallest absolute Gasteiger partial charge is 0.306 e. The number of H-pyrrole nitrogens is 2. The molecule has 0 bridgehead atoms. The topological polar surface area (TPSA) is 84.2 Å². The third-order valence-corrected chi connectivity index (χ3v) is 4.47. The van der Waals surface area contributed by atoms with Crippen LogP contribution < -0.4 is 10.3 Å². The van der Waals surface area contributed by atoms with Crippen LogP contribution in [-0.2, 0) is 9.53 Å². The van der Waals surface area contributed by atoms with Gasteiger partial charge < -0.3 is 14.6 Å². The van der Waals surface area contributed by atoms with Gasteiger partial charge in [0, 0.05) is 22.6 Å². The van der Waals surface area contributed by atoms with Crippen molar-refractivity contribution in [1.29, 1.82) is 0 Å². The molecule has 1 aromatic heterocycles. The average molecular weight is 340 g/mol. The van der Waals surface area contributed by atoms with Gasteiger partial charge in [-0.05, 0) is 23.9 Å². The highest BCUT2D eigenvalue weighted by Gasteiger charge is 2.26. The SMILES string of the molecule is COC(=O)CC(c1c(C)[nH][nH]c1=O)c1ccc(OC)c2ccccc12. The molecule has 2 aromatic carbocycles. The minimum atomic E-state index is -0.418. The van der Waals surface area contributed by atoms with Crippen LogP contribution in [0.3, 0.4) is 0 Å². The van der Waals surface area contributed by atoms with E-state index in [2.05, 4.69) is 10.2 Å². The molecule has 2 N–H and O–H groups in total. The number of aryl methyl sites for hydroxylation is 1. The third-order valence-electron chi connectivity index (χ3n) is 4.47. The fourth-order valence-electron chi connectivity index (χ4n) is 3.27. The normalized spacial score (nSPS) is 12.1. The molecule has 6 heteroatoms. The van der Waals surface area contributed by atoms with E-state index in [-0.39, 0.29) is 17.9 Å². The number of ether oxygens (including phenoxy) is 2. The number of aromatic amines is 2. The Balaban J connectivity index is 2.26. The molecule has 1 heterocycles. The standard InChI is InChI=1S/C19H20N2O4/c1-11-18(19(23)21-20-11)15(10-17(22)25-3)13-8-9-16(24-2)14-7-5-4-6-12(13)14/h4-9,15H,10H2,1-3H3,(H2,20,21,23). The number of esters is 1. The maximum Gasteiger partial charge on any atom is 0.306 e. The number of carbonyl (C=O) groups excluding carboxylic acids is 1. The number of benzene rings is 2. The van der Waals surface area contributed by atoms with Gasteiger partial charge in [-0.15, -0.1) is 0 Å². The van der Waals surface area contributed by atoms with Crippen LogP contribution in [0.5, 0.6) is 5.75 Å². The molecule has 130 valence electrons. The monoisotopic (exact) mass is 340 g/mol. The molecule has 0 saturated heterocycles. The van der Waals surface area contributed by atoms with E-state index < -0.39 is 5.92 Å². The summed E-state index contributed by atoms with van der Waals surface area (Å²) in [5.41, 5.74) is 1.90. The second-order valence-corrected chi connectivity index (χ2v) is 5.85. The van der Waals surface area contributed by atoms with Crippen molar-refractivity contribution in [1.82, 2.24) is 10.2 Å². The fraction of sp³-hybridized carbons (Fsp3) is 0.263. The molecule has 3 aromatic rings. The van der Waals surface area contributed by atoms with E-state index in [1.807, 2.05) is 43.3 Å². The molecule has 0 amide bonds. The highest BCUT2D eigenvalue weighted by molar-refractivity contribution is 5.92. The Morgan fingerprint density at radius 3 is 2.40 bits per heavy atom. The molecule has 0 saturated carbocycles. The van der Waals surface area contributed by atoms with Gasteiger partial charge in [-0.3, -0.25) is 14.7 Å². The van der Waals surface area contributed by atoms with E-state index in [0.717, 1.165) is 22.1 Å². The Hall–Kier alpha value is -3.02. The first-order valence-electron chi connectivity index (χ1n) is 7.96. The molecule has 1 atom stereocenters.